The largest absolute Gasteiger partial charge is 0.477 e. The van der Waals surface area contributed by atoms with Gasteiger partial charge in [0.1, 0.15) is 11.4 Å². The number of carboxylic acid groups (broad SMARTS) is 1. The highest BCUT2D eigenvalue weighted by Crippen LogP contribution is 2.28. The third-order valence-corrected chi connectivity index (χ3v) is 5.05. The number of aliphatic hydroxyl groups is 1. The lowest BCUT2D eigenvalue weighted by Gasteiger charge is -2.14. The van der Waals surface area contributed by atoms with Crippen molar-refractivity contribution in [1.29, 1.82) is 0 Å². The molecule has 0 amide bonds. The highest BCUT2D eigenvalue weighted by molar-refractivity contribution is 7.80. The Balaban J connectivity index is 2.24. The lowest BCUT2D eigenvalue weighted by molar-refractivity contribution is 0.0694. The van der Waals surface area contributed by atoms with Gasteiger partial charge in [0, 0.05) is 40.0 Å². The smallest absolute Gasteiger partial charge is 0.341 e. The van der Waals surface area contributed by atoms with Crippen molar-refractivity contribution < 1.29 is 19.4 Å². The number of rotatable bonds is 5. The summed E-state index contributed by atoms with van der Waals surface area (Å²) in [5.74, 6) is -1.84. The van der Waals surface area contributed by atoms with Gasteiger partial charge in [0.25, 0.3) is 0 Å². The number of aromatic nitrogens is 1. The van der Waals surface area contributed by atoms with Crippen LogP contribution in [-0.2, 0) is 13.0 Å². The molecule has 0 aliphatic rings. The number of aliphatic hydroxyl groups excluding tert-OH is 1. The van der Waals surface area contributed by atoms with E-state index in [1.165, 1.54) is 29.0 Å². The van der Waals surface area contributed by atoms with Crippen molar-refractivity contribution >= 4 is 41.1 Å². The highest BCUT2D eigenvalue weighted by atomic mass is 35.5. The minimum absolute atomic E-state index is 0.0943. The Bertz CT molecular complexity index is 1090. The van der Waals surface area contributed by atoms with E-state index in [1.807, 2.05) is 0 Å². The molecule has 2 aromatic carbocycles. The second kappa shape index (κ2) is 7.72. The summed E-state index contributed by atoms with van der Waals surface area (Å²) in [5, 5.41) is 18.9. The SMILES string of the molecule is O=C(O)c1cn(CCO)c2cc(S)c(Cc3c(F)cccc3Cl)cc2c1=O. The summed E-state index contributed by atoms with van der Waals surface area (Å²) in [5.41, 5.74) is 0.179. The molecule has 0 radical (unpaired) electrons. The minimum Gasteiger partial charge on any atom is -0.477 e. The van der Waals surface area contributed by atoms with Crippen LogP contribution in [0.1, 0.15) is 21.5 Å². The number of fused-ring (bicyclic) bond motifs is 1. The molecule has 0 bridgehead atoms. The van der Waals surface area contributed by atoms with Crippen LogP contribution in [-0.4, -0.2) is 27.4 Å². The molecule has 0 atom stereocenters. The molecule has 5 nitrogen and oxygen atoms in total. The number of carboxylic acids is 1. The van der Waals surface area contributed by atoms with Gasteiger partial charge in [-0.2, -0.15) is 0 Å². The first-order valence-corrected chi connectivity index (χ1v) is 8.82. The van der Waals surface area contributed by atoms with Crippen LogP contribution in [0.4, 0.5) is 4.39 Å². The summed E-state index contributed by atoms with van der Waals surface area (Å²) in [6.45, 7) is -0.117. The second-order valence-electron chi connectivity index (χ2n) is 5.97. The number of benzene rings is 2. The van der Waals surface area contributed by atoms with Crippen LogP contribution in [0.2, 0.25) is 5.02 Å². The molecule has 27 heavy (non-hydrogen) atoms. The molecular weight excluding hydrogens is 393 g/mol. The molecule has 8 heteroatoms. The summed E-state index contributed by atoms with van der Waals surface area (Å²) in [4.78, 5) is 24.5. The number of carbonyl (C=O) groups is 1. The quantitative estimate of drug-likeness (QED) is 0.566. The molecule has 3 aromatic rings. The summed E-state index contributed by atoms with van der Waals surface area (Å²) in [6.07, 6.45) is 1.29. The van der Waals surface area contributed by atoms with Crippen molar-refractivity contribution in [2.24, 2.45) is 0 Å². The van der Waals surface area contributed by atoms with Crippen LogP contribution >= 0.6 is 24.2 Å². The maximum Gasteiger partial charge on any atom is 0.341 e. The fourth-order valence-electron chi connectivity index (χ4n) is 2.95. The van der Waals surface area contributed by atoms with Crippen LogP contribution in [0.5, 0.6) is 0 Å². The van der Waals surface area contributed by atoms with Crippen molar-refractivity contribution in [3.63, 3.8) is 0 Å². The number of hydrogen-bond donors (Lipinski definition) is 3. The Hall–Kier alpha value is -2.35. The average Bonchev–Trinajstić information content (AvgIpc) is 2.61. The monoisotopic (exact) mass is 407 g/mol. The number of thiol groups is 1. The normalized spacial score (nSPS) is 11.1. The Morgan fingerprint density at radius 2 is 2.04 bits per heavy atom. The van der Waals surface area contributed by atoms with Crippen LogP contribution in [0.15, 0.2) is 46.2 Å². The Labute approximate surface area is 164 Å². The summed E-state index contributed by atoms with van der Waals surface area (Å²) in [7, 11) is 0. The van der Waals surface area contributed by atoms with Gasteiger partial charge in [-0.05, 0) is 29.8 Å². The molecule has 0 unspecified atom stereocenters. The fraction of sp³-hybridized carbons (Fsp3) is 0.158. The molecule has 0 aliphatic carbocycles. The van der Waals surface area contributed by atoms with E-state index in [9.17, 15) is 24.2 Å². The van der Waals surface area contributed by atoms with Crippen LogP contribution in [0.25, 0.3) is 10.9 Å². The first-order valence-electron chi connectivity index (χ1n) is 7.99. The van der Waals surface area contributed by atoms with Crippen molar-refractivity contribution in [3.05, 3.63) is 74.3 Å². The standard InChI is InChI=1S/C19H15ClFNO4S/c20-14-2-1-3-15(21)11(14)6-10-7-12-16(8-17(10)27)22(4-5-23)9-13(18(12)24)19(25)26/h1-3,7-9,23,27H,4-6H2,(H,25,26). The van der Waals surface area contributed by atoms with E-state index < -0.39 is 22.8 Å². The number of halogens is 2. The van der Waals surface area contributed by atoms with E-state index in [-0.39, 0.29) is 35.5 Å². The zero-order valence-corrected chi connectivity index (χ0v) is 15.6. The van der Waals surface area contributed by atoms with Crippen molar-refractivity contribution in [3.8, 4) is 0 Å². The fourth-order valence-corrected chi connectivity index (χ4v) is 3.44. The third kappa shape index (κ3) is 3.71. The first-order chi connectivity index (χ1) is 12.8. The maximum atomic E-state index is 14.1. The number of pyridine rings is 1. The van der Waals surface area contributed by atoms with Gasteiger partial charge in [-0.15, -0.1) is 12.6 Å². The number of aromatic carboxylic acids is 1. The summed E-state index contributed by atoms with van der Waals surface area (Å²) < 4.78 is 15.6. The van der Waals surface area contributed by atoms with E-state index in [1.54, 1.807) is 12.1 Å². The van der Waals surface area contributed by atoms with Gasteiger partial charge in [0.15, 0.2) is 0 Å². The Morgan fingerprint density at radius 3 is 2.67 bits per heavy atom. The minimum atomic E-state index is -1.36. The molecule has 1 heterocycles. The summed E-state index contributed by atoms with van der Waals surface area (Å²) >= 11 is 10.5. The van der Waals surface area contributed by atoms with Gasteiger partial charge in [0.05, 0.1) is 12.1 Å². The van der Waals surface area contributed by atoms with E-state index in [0.29, 0.717) is 16.0 Å². The van der Waals surface area contributed by atoms with Crippen LogP contribution in [0, 0.1) is 5.82 Å². The molecule has 0 saturated carbocycles. The van der Waals surface area contributed by atoms with E-state index in [0.717, 1.165) is 0 Å². The molecule has 0 spiro atoms. The van der Waals surface area contributed by atoms with Gasteiger partial charge >= 0.3 is 5.97 Å². The van der Waals surface area contributed by atoms with Gasteiger partial charge in [-0.25, -0.2) is 9.18 Å². The first kappa shape index (κ1) is 19.4. The van der Waals surface area contributed by atoms with E-state index in [2.05, 4.69) is 12.6 Å². The summed E-state index contributed by atoms with van der Waals surface area (Å²) in [6, 6.07) is 7.46. The van der Waals surface area contributed by atoms with Crippen LogP contribution < -0.4 is 5.43 Å². The van der Waals surface area contributed by atoms with Crippen molar-refractivity contribution in [2.75, 3.05) is 6.61 Å². The second-order valence-corrected chi connectivity index (χ2v) is 6.86. The molecule has 0 saturated heterocycles. The predicted molar refractivity (Wildman–Crippen MR) is 104 cm³/mol. The topological polar surface area (TPSA) is 79.5 Å². The molecular formula is C19H15ClFNO4S. The molecule has 1 aromatic heterocycles. The Morgan fingerprint density at radius 1 is 1.30 bits per heavy atom. The molecule has 3 rings (SSSR count). The molecule has 0 fully saturated rings. The van der Waals surface area contributed by atoms with E-state index >= 15 is 0 Å². The zero-order valence-electron chi connectivity index (χ0n) is 13.9. The Kier molecular flexibility index (Phi) is 5.55. The number of nitrogens with zero attached hydrogens (tertiary/aromatic N) is 1. The highest BCUT2D eigenvalue weighted by Gasteiger charge is 2.17. The predicted octanol–water partition coefficient (Wildman–Crippen LogP) is 3.36. The lowest BCUT2D eigenvalue weighted by atomic mass is 10.0. The van der Waals surface area contributed by atoms with Gasteiger partial charge < -0.3 is 14.8 Å². The van der Waals surface area contributed by atoms with Gasteiger partial charge in [-0.3, -0.25) is 4.79 Å². The van der Waals surface area contributed by atoms with Gasteiger partial charge in [-0.1, -0.05) is 17.7 Å². The molecule has 140 valence electrons. The third-order valence-electron chi connectivity index (χ3n) is 4.28. The zero-order chi connectivity index (χ0) is 19.7. The molecule has 2 N–H and O–H groups in total. The van der Waals surface area contributed by atoms with Crippen molar-refractivity contribution in [1.82, 2.24) is 4.57 Å². The molecule has 0 aliphatic heterocycles. The number of hydrogen-bond acceptors (Lipinski definition) is 4. The van der Waals surface area contributed by atoms with Gasteiger partial charge in [0.2, 0.25) is 5.43 Å². The van der Waals surface area contributed by atoms with E-state index in [4.69, 9.17) is 11.6 Å². The van der Waals surface area contributed by atoms with Crippen LogP contribution in [0.3, 0.4) is 0 Å². The maximum absolute atomic E-state index is 14.1. The lowest BCUT2D eigenvalue weighted by Crippen LogP contribution is -2.20. The average molecular weight is 408 g/mol. The van der Waals surface area contributed by atoms with Crippen molar-refractivity contribution in [2.45, 2.75) is 17.9 Å².